The van der Waals surface area contributed by atoms with E-state index in [-0.39, 0.29) is 18.5 Å². The molecule has 1 N–H and O–H groups in total. The second-order valence-electron chi connectivity index (χ2n) is 6.92. The fourth-order valence-electron chi connectivity index (χ4n) is 3.39. The average Bonchev–Trinajstić information content (AvgIpc) is 3.06. The molecule has 0 unspecified atom stereocenters. The zero-order chi connectivity index (χ0) is 19.6. The summed E-state index contributed by atoms with van der Waals surface area (Å²) in [5.41, 5.74) is 4.22. The third-order valence-corrected chi connectivity index (χ3v) is 6.42. The van der Waals surface area contributed by atoms with Crippen LogP contribution in [0.5, 0.6) is 0 Å². The summed E-state index contributed by atoms with van der Waals surface area (Å²) < 4.78 is 26.3. The first-order valence-corrected chi connectivity index (χ1v) is 11.5. The zero-order valence-corrected chi connectivity index (χ0v) is 17.8. The maximum absolute atomic E-state index is 12.5. The van der Waals surface area contributed by atoms with Crippen LogP contribution in [0.25, 0.3) is 0 Å². The van der Waals surface area contributed by atoms with E-state index in [2.05, 4.69) is 33.4 Å². The van der Waals surface area contributed by atoms with Gasteiger partial charge in [0.1, 0.15) is 6.54 Å². The quantitative estimate of drug-likeness (QED) is 0.730. The first kappa shape index (κ1) is 19.9. The number of sulfonamides is 1. The van der Waals surface area contributed by atoms with Crippen LogP contribution in [0.15, 0.2) is 46.9 Å². The van der Waals surface area contributed by atoms with Gasteiger partial charge in [-0.15, -0.1) is 0 Å². The van der Waals surface area contributed by atoms with Gasteiger partial charge < -0.3 is 5.32 Å². The van der Waals surface area contributed by atoms with Gasteiger partial charge in [-0.2, -0.15) is 0 Å². The van der Waals surface area contributed by atoms with Crippen molar-refractivity contribution in [2.45, 2.75) is 32.2 Å². The second kappa shape index (κ2) is 8.02. The molecule has 0 fully saturated rings. The molecule has 0 aromatic heterocycles. The van der Waals surface area contributed by atoms with Crippen LogP contribution in [0.3, 0.4) is 0 Å². The zero-order valence-electron chi connectivity index (χ0n) is 15.4. The molecule has 1 aliphatic rings. The molecule has 144 valence electrons. The molecule has 0 heterocycles. The molecule has 0 saturated heterocycles. The van der Waals surface area contributed by atoms with Crippen LogP contribution >= 0.6 is 15.9 Å². The molecule has 1 aliphatic carbocycles. The Morgan fingerprint density at radius 1 is 1.19 bits per heavy atom. The summed E-state index contributed by atoms with van der Waals surface area (Å²) in [4.78, 5) is 12.5. The number of aryl methyl sites for hydroxylation is 2. The summed E-state index contributed by atoms with van der Waals surface area (Å²) in [5.74, 6) is -0.339. The number of carbonyl (C=O) groups excluding carboxylic acids is 1. The van der Waals surface area contributed by atoms with E-state index in [4.69, 9.17) is 0 Å². The highest BCUT2D eigenvalue weighted by molar-refractivity contribution is 9.10. The summed E-state index contributed by atoms with van der Waals surface area (Å²) in [6.45, 7) is 1.66. The van der Waals surface area contributed by atoms with Gasteiger partial charge in [-0.3, -0.25) is 9.10 Å². The molecule has 2 aromatic rings. The molecule has 27 heavy (non-hydrogen) atoms. The summed E-state index contributed by atoms with van der Waals surface area (Å²) >= 11 is 3.34. The van der Waals surface area contributed by atoms with Crippen molar-refractivity contribution in [3.8, 4) is 0 Å². The summed E-state index contributed by atoms with van der Waals surface area (Å²) in [7, 11) is -3.59. The second-order valence-corrected chi connectivity index (χ2v) is 9.74. The van der Waals surface area contributed by atoms with Crippen LogP contribution in [0, 0.1) is 0 Å². The van der Waals surface area contributed by atoms with E-state index >= 15 is 0 Å². The number of benzene rings is 2. The van der Waals surface area contributed by atoms with E-state index in [1.165, 1.54) is 17.5 Å². The van der Waals surface area contributed by atoms with E-state index in [0.29, 0.717) is 5.69 Å². The maximum Gasteiger partial charge on any atom is 0.241 e. The van der Waals surface area contributed by atoms with Crippen molar-refractivity contribution in [1.29, 1.82) is 0 Å². The minimum absolute atomic E-state index is 0.188. The Hall–Kier alpha value is -1.86. The van der Waals surface area contributed by atoms with Gasteiger partial charge >= 0.3 is 0 Å². The lowest BCUT2D eigenvalue weighted by Crippen LogP contribution is -2.41. The molecule has 7 heteroatoms. The molecule has 0 bridgehead atoms. The predicted octanol–water partition coefficient (Wildman–Crippen LogP) is 3.58. The number of hydrogen-bond donors (Lipinski definition) is 1. The number of carbonyl (C=O) groups is 1. The molecule has 1 atom stereocenters. The normalized spacial score (nSPS) is 14.5. The molecular formula is C20H23BrN2O3S. The van der Waals surface area contributed by atoms with E-state index < -0.39 is 10.0 Å². The van der Waals surface area contributed by atoms with Gasteiger partial charge in [0.15, 0.2) is 0 Å². The number of rotatable bonds is 6. The molecule has 5 nitrogen and oxygen atoms in total. The highest BCUT2D eigenvalue weighted by Gasteiger charge is 2.22. The number of halogens is 1. The maximum atomic E-state index is 12.5. The lowest BCUT2D eigenvalue weighted by molar-refractivity contribution is -0.120. The largest absolute Gasteiger partial charge is 0.348 e. The lowest BCUT2D eigenvalue weighted by Gasteiger charge is -2.23. The SMILES string of the molecule is C[C@H](NC(=O)CN(c1cccc(Br)c1)S(C)(=O)=O)c1ccc2c(c1)CCC2. The fraction of sp³-hybridized carbons (Fsp3) is 0.350. The molecule has 0 aliphatic heterocycles. The molecule has 0 spiro atoms. The van der Waals surface area contributed by atoms with Crippen molar-refractivity contribution in [3.05, 3.63) is 63.6 Å². The molecule has 0 radical (unpaired) electrons. The lowest BCUT2D eigenvalue weighted by atomic mass is 10.0. The van der Waals surface area contributed by atoms with Crippen molar-refractivity contribution in [1.82, 2.24) is 5.32 Å². The first-order chi connectivity index (χ1) is 12.7. The van der Waals surface area contributed by atoms with Gasteiger partial charge in [0.25, 0.3) is 0 Å². The van der Waals surface area contributed by atoms with Crippen molar-refractivity contribution in [2.24, 2.45) is 0 Å². The third kappa shape index (κ3) is 4.90. The smallest absolute Gasteiger partial charge is 0.241 e. The Morgan fingerprint density at radius 2 is 1.93 bits per heavy atom. The van der Waals surface area contributed by atoms with Gasteiger partial charge in [0, 0.05) is 4.47 Å². The molecule has 2 aromatic carbocycles. The number of fused-ring (bicyclic) bond motifs is 1. The van der Waals surface area contributed by atoms with Crippen molar-refractivity contribution in [2.75, 3.05) is 17.1 Å². The third-order valence-electron chi connectivity index (χ3n) is 4.78. The molecule has 0 saturated carbocycles. The number of amides is 1. The average molecular weight is 451 g/mol. The Balaban J connectivity index is 1.72. The van der Waals surface area contributed by atoms with E-state index in [1.807, 2.05) is 13.0 Å². The minimum atomic E-state index is -3.59. The fourth-order valence-corrected chi connectivity index (χ4v) is 4.63. The predicted molar refractivity (Wildman–Crippen MR) is 111 cm³/mol. The van der Waals surface area contributed by atoms with Crippen LogP contribution in [0.1, 0.15) is 36.1 Å². The Kier molecular flexibility index (Phi) is 5.91. The van der Waals surface area contributed by atoms with Crippen LogP contribution in [0.2, 0.25) is 0 Å². The number of hydrogen-bond acceptors (Lipinski definition) is 3. The van der Waals surface area contributed by atoms with Crippen molar-refractivity contribution >= 4 is 37.5 Å². The summed E-state index contributed by atoms with van der Waals surface area (Å²) in [5, 5.41) is 2.92. The molecular weight excluding hydrogens is 428 g/mol. The minimum Gasteiger partial charge on any atom is -0.348 e. The van der Waals surface area contributed by atoms with Crippen molar-refractivity contribution < 1.29 is 13.2 Å². The van der Waals surface area contributed by atoms with Gasteiger partial charge in [0.2, 0.25) is 15.9 Å². The highest BCUT2D eigenvalue weighted by Crippen LogP contribution is 2.26. The van der Waals surface area contributed by atoms with Crippen LogP contribution < -0.4 is 9.62 Å². The molecule has 3 rings (SSSR count). The highest BCUT2D eigenvalue weighted by atomic mass is 79.9. The Labute approximate surface area is 169 Å². The van der Waals surface area contributed by atoms with Gasteiger partial charge in [0.05, 0.1) is 18.0 Å². The Morgan fingerprint density at radius 3 is 2.63 bits per heavy atom. The first-order valence-electron chi connectivity index (χ1n) is 8.88. The van der Waals surface area contributed by atoms with Gasteiger partial charge in [-0.05, 0) is 61.1 Å². The van der Waals surface area contributed by atoms with Gasteiger partial charge in [-0.25, -0.2) is 8.42 Å². The van der Waals surface area contributed by atoms with Crippen LogP contribution in [0.4, 0.5) is 5.69 Å². The van der Waals surface area contributed by atoms with Gasteiger partial charge in [-0.1, -0.05) is 40.2 Å². The Bertz CT molecular complexity index is 959. The standard InChI is InChI=1S/C20H23BrN2O3S/c1-14(16-10-9-15-5-3-6-17(15)11-16)22-20(24)13-23(27(2,25)26)19-8-4-7-18(21)12-19/h4,7-12,14H,3,5-6,13H2,1-2H3,(H,22,24)/t14-/m0/s1. The van der Waals surface area contributed by atoms with Crippen molar-refractivity contribution in [3.63, 3.8) is 0 Å². The number of anilines is 1. The summed E-state index contributed by atoms with van der Waals surface area (Å²) in [6.07, 6.45) is 4.47. The monoisotopic (exact) mass is 450 g/mol. The van der Waals surface area contributed by atoms with E-state index in [0.717, 1.165) is 33.4 Å². The van der Waals surface area contributed by atoms with E-state index in [1.54, 1.807) is 24.3 Å². The van der Waals surface area contributed by atoms with Crippen LogP contribution in [-0.2, 0) is 27.7 Å². The van der Waals surface area contributed by atoms with Crippen LogP contribution in [-0.4, -0.2) is 27.1 Å². The number of nitrogens with one attached hydrogen (secondary N) is 1. The topological polar surface area (TPSA) is 66.5 Å². The molecule has 1 amide bonds. The summed E-state index contributed by atoms with van der Waals surface area (Å²) in [6, 6.07) is 13.0. The van der Waals surface area contributed by atoms with E-state index in [9.17, 15) is 13.2 Å². The number of nitrogens with zero attached hydrogens (tertiary/aromatic N) is 1.